The van der Waals surface area contributed by atoms with E-state index in [-0.39, 0.29) is 11.8 Å². The molecule has 0 aliphatic carbocycles. The molecule has 22 heavy (non-hydrogen) atoms. The van der Waals surface area contributed by atoms with Crippen molar-refractivity contribution in [1.29, 1.82) is 0 Å². The molecular weight excluding hydrogens is 280 g/mol. The molecule has 0 spiro atoms. The Morgan fingerprint density at radius 1 is 1.18 bits per heavy atom. The summed E-state index contributed by atoms with van der Waals surface area (Å²) >= 11 is 0. The van der Waals surface area contributed by atoms with Gasteiger partial charge in [0.2, 0.25) is 11.8 Å². The Hall–Kier alpha value is -2.04. The normalized spacial score (nSPS) is 11.0. The fourth-order valence-electron chi connectivity index (χ4n) is 2.25. The van der Waals surface area contributed by atoms with E-state index in [1.165, 1.54) is 0 Å². The number of rotatable bonds is 7. The Morgan fingerprint density at radius 2 is 1.77 bits per heavy atom. The van der Waals surface area contributed by atoms with Crippen molar-refractivity contribution in [2.45, 2.75) is 34.2 Å². The van der Waals surface area contributed by atoms with Crippen molar-refractivity contribution in [1.82, 2.24) is 10.2 Å². The second-order valence-electron chi connectivity index (χ2n) is 5.60. The van der Waals surface area contributed by atoms with E-state index < -0.39 is 5.41 Å². The van der Waals surface area contributed by atoms with Gasteiger partial charge in [0, 0.05) is 25.2 Å². The lowest BCUT2D eigenvalue weighted by atomic mass is 9.90. The highest BCUT2D eigenvalue weighted by Gasteiger charge is 2.38. The topological polar surface area (TPSA) is 58.6 Å². The summed E-state index contributed by atoms with van der Waals surface area (Å²) in [5.74, 6) is 0.279. The van der Waals surface area contributed by atoms with Gasteiger partial charge in [-0.3, -0.25) is 9.59 Å². The molecule has 1 N–H and O–H groups in total. The van der Waals surface area contributed by atoms with Crippen LogP contribution in [-0.4, -0.2) is 36.9 Å². The highest BCUT2D eigenvalue weighted by atomic mass is 16.5. The third kappa shape index (κ3) is 4.00. The molecule has 5 heteroatoms. The highest BCUT2D eigenvalue weighted by Crippen LogP contribution is 2.21. The molecule has 0 bridgehead atoms. The number of para-hydroxylation sites is 1. The molecule has 0 radical (unpaired) electrons. The van der Waals surface area contributed by atoms with Gasteiger partial charge in [0.1, 0.15) is 11.2 Å². The van der Waals surface area contributed by atoms with Crippen LogP contribution in [0.2, 0.25) is 0 Å². The van der Waals surface area contributed by atoms with Gasteiger partial charge in [0.25, 0.3) is 0 Å². The Labute approximate surface area is 132 Å². The molecular formula is C17H26N2O3. The summed E-state index contributed by atoms with van der Waals surface area (Å²) in [6.07, 6.45) is 0. The molecule has 0 aliphatic heterocycles. The number of carbonyl (C=O) groups excluding carboxylic acids is 2. The van der Waals surface area contributed by atoms with Gasteiger partial charge >= 0.3 is 0 Å². The standard InChI is InChI=1S/C17H26N2O3/c1-6-19(7-2)16(21)17(3,4)15(20)18-12-13-10-8-9-11-14(13)22-5/h8-11H,6-7,12H2,1-5H3,(H,18,20). The van der Waals surface area contributed by atoms with Crippen LogP contribution in [0.1, 0.15) is 33.3 Å². The lowest BCUT2D eigenvalue weighted by molar-refractivity contribution is -0.148. The third-order valence-electron chi connectivity index (χ3n) is 3.78. The van der Waals surface area contributed by atoms with Gasteiger partial charge in [-0.15, -0.1) is 0 Å². The Bertz CT molecular complexity index is 522. The number of hydrogen-bond donors (Lipinski definition) is 1. The van der Waals surface area contributed by atoms with Crippen LogP contribution in [0.25, 0.3) is 0 Å². The maximum atomic E-state index is 12.4. The second-order valence-corrected chi connectivity index (χ2v) is 5.60. The lowest BCUT2D eigenvalue weighted by Crippen LogP contribution is -2.49. The molecule has 0 aliphatic rings. The summed E-state index contributed by atoms with van der Waals surface area (Å²) in [4.78, 5) is 26.5. The summed E-state index contributed by atoms with van der Waals surface area (Å²) in [5, 5.41) is 2.83. The van der Waals surface area contributed by atoms with Crippen LogP contribution in [0.15, 0.2) is 24.3 Å². The number of benzene rings is 1. The first-order chi connectivity index (χ1) is 10.4. The summed E-state index contributed by atoms with van der Waals surface area (Å²) in [7, 11) is 1.59. The van der Waals surface area contributed by atoms with Gasteiger partial charge in [-0.1, -0.05) is 18.2 Å². The maximum Gasteiger partial charge on any atom is 0.237 e. The predicted molar refractivity (Wildman–Crippen MR) is 86.5 cm³/mol. The van der Waals surface area contributed by atoms with Gasteiger partial charge in [-0.25, -0.2) is 0 Å². The van der Waals surface area contributed by atoms with Gasteiger partial charge < -0.3 is 15.0 Å². The van der Waals surface area contributed by atoms with E-state index in [0.29, 0.717) is 19.6 Å². The first-order valence-electron chi connectivity index (χ1n) is 7.58. The molecule has 1 aromatic rings. The summed E-state index contributed by atoms with van der Waals surface area (Å²) < 4.78 is 5.26. The molecule has 122 valence electrons. The average molecular weight is 306 g/mol. The van der Waals surface area contributed by atoms with Crippen LogP contribution >= 0.6 is 0 Å². The van der Waals surface area contributed by atoms with Crippen LogP contribution in [0.5, 0.6) is 5.75 Å². The van der Waals surface area contributed by atoms with Crippen LogP contribution in [0.4, 0.5) is 0 Å². The average Bonchev–Trinajstić information content (AvgIpc) is 2.53. The highest BCUT2D eigenvalue weighted by molar-refractivity contribution is 6.04. The molecule has 1 rings (SSSR count). The number of methoxy groups -OCH3 is 1. The molecule has 0 aromatic heterocycles. The van der Waals surface area contributed by atoms with E-state index in [0.717, 1.165) is 11.3 Å². The lowest BCUT2D eigenvalue weighted by Gasteiger charge is -2.29. The minimum atomic E-state index is -1.09. The molecule has 0 unspecified atom stereocenters. The molecule has 0 heterocycles. The van der Waals surface area contributed by atoms with E-state index in [1.807, 2.05) is 38.1 Å². The zero-order valence-corrected chi connectivity index (χ0v) is 14.1. The molecule has 0 saturated heterocycles. The Morgan fingerprint density at radius 3 is 2.32 bits per heavy atom. The smallest absolute Gasteiger partial charge is 0.237 e. The monoisotopic (exact) mass is 306 g/mol. The van der Waals surface area contributed by atoms with Crippen LogP contribution in [-0.2, 0) is 16.1 Å². The fourth-order valence-corrected chi connectivity index (χ4v) is 2.25. The number of nitrogens with one attached hydrogen (secondary N) is 1. The summed E-state index contributed by atoms with van der Waals surface area (Å²) in [5.41, 5.74) is -0.210. The Kier molecular flexibility index (Phi) is 6.40. The van der Waals surface area contributed by atoms with Crippen molar-refractivity contribution in [2.75, 3.05) is 20.2 Å². The molecule has 0 fully saturated rings. The first-order valence-corrected chi connectivity index (χ1v) is 7.58. The Balaban J connectivity index is 2.77. The zero-order chi connectivity index (χ0) is 16.8. The van der Waals surface area contributed by atoms with Gasteiger partial charge in [0.15, 0.2) is 0 Å². The van der Waals surface area contributed by atoms with E-state index in [9.17, 15) is 9.59 Å². The van der Waals surface area contributed by atoms with E-state index in [2.05, 4.69) is 5.32 Å². The van der Waals surface area contributed by atoms with Crippen LogP contribution in [0, 0.1) is 5.41 Å². The number of hydrogen-bond acceptors (Lipinski definition) is 3. The minimum absolute atomic E-state index is 0.157. The van der Waals surface area contributed by atoms with Crippen LogP contribution in [0.3, 0.4) is 0 Å². The van der Waals surface area contributed by atoms with Crippen molar-refractivity contribution in [3.05, 3.63) is 29.8 Å². The summed E-state index contributed by atoms with van der Waals surface area (Å²) in [6.45, 7) is 8.65. The van der Waals surface area contributed by atoms with E-state index >= 15 is 0 Å². The number of amides is 2. The van der Waals surface area contributed by atoms with Crippen molar-refractivity contribution in [3.8, 4) is 5.75 Å². The zero-order valence-electron chi connectivity index (χ0n) is 14.1. The molecule has 2 amide bonds. The van der Waals surface area contributed by atoms with E-state index in [1.54, 1.807) is 25.9 Å². The molecule has 0 saturated carbocycles. The molecule has 0 atom stereocenters. The second kappa shape index (κ2) is 7.82. The third-order valence-corrected chi connectivity index (χ3v) is 3.78. The minimum Gasteiger partial charge on any atom is -0.496 e. The van der Waals surface area contributed by atoms with Crippen molar-refractivity contribution in [3.63, 3.8) is 0 Å². The number of carbonyl (C=O) groups is 2. The van der Waals surface area contributed by atoms with E-state index in [4.69, 9.17) is 4.74 Å². The fraction of sp³-hybridized carbons (Fsp3) is 0.529. The van der Waals surface area contributed by atoms with Crippen LogP contribution < -0.4 is 10.1 Å². The summed E-state index contributed by atoms with van der Waals surface area (Å²) in [6, 6.07) is 7.49. The van der Waals surface area contributed by atoms with Gasteiger partial charge in [-0.2, -0.15) is 0 Å². The van der Waals surface area contributed by atoms with Gasteiger partial charge in [0.05, 0.1) is 7.11 Å². The molecule has 5 nitrogen and oxygen atoms in total. The SMILES string of the molecule is CCN(CC)C(=O)C(C)(C)C(=O)NCc1ccccc1OC. The first kappa shape index (κ1) is 18.0. The molecule has 1 aromatic carbocycles. The van der Waals surface area contributed by atoms with Crippen molar-refractivity contribution < 1.29 is 14.3 Å². The maximum absolute atomic E-state index is 12.4. The number of ether oxygens (including phenoxy) is 1. The van der Waals surface area contributed by atoms with Crippen molar-refractivity contribution in [2.24, 2.45) is 5.41 Å². The van der Waals surface area contributed by atoms with Gasteiger partial charge in [-0.05, 0) is 33.8 Å². The van der Waals surface area contributed by atoms with Crippen molar-refractivity contribution >= 4 is 11.8 Å². The predicted octanol–water partition coefficient (Wildman–Crippen LogP) is 2.21. The number of nitrogens with zero attached hydrogens (tertiary/aromatic N) is 1. The largest absolute Gasteiger partial charge is 0.496 e. The quantitative estimate of drug-likeness (QED) is 0.786.